The normalized spacial score (nSPS) is 27.2. The first-order chi connectivity index (χ1) is 6.56. The summed E-state index contributed by atoms with van der Waals surface area (Å²) in [4.78, 5) is 24.3. The lowest BCUT2D eigenvalue weighted by Crippen LogP contribution is -2.46. The zero-order chi connectivity index (χ0) is 10.7. The highest BCUT2D eigenvalue weighted by Crippen LogP contribution is 2.22. The van der Waals surface area contributed by atoms with Gasteiger partial charge in [-0.2, -0.15) is 0 Å². The van der Waals surface area contributed by atoms with Gasteiger partial charge in [-0.15, -0.1) is 0 Å². The van der Waals surface area contributed by atoms with Gasteiger partial charge >= 0.3 is 5.97 Å². The maximum absolute atomic E-state index is 11.3. The van der Waals surface area contributed by atoms with E-state index >= 15 is 0 Å². The minimum absolute atomic E-state index is 0.0334. The third kappa shape index (κ3) is 2.25. The predicted molar refractivity (Wildman–Crippen MR) is 51.6 cm³/mol. The van der Waals surface area contributed by atoms with Crippen molar-refractivity contribution in [2.45, 2.75) is 32.7 Å². The largest absolute Gasteiger partial charge is 0.469 e. The lowest BCUT2D eigenvalue weighted by Gasteiger charge is -2.36. The Hall–Kier alpha value is -1.06. The molecule has 4 nitrogen and oxygen atoms in total. The van der Waals surface area contributed by atoms with E-state index in [0.29, 0.717) is 6.54 Å². The number of carbonyl (C=O) groups excluding carboxylic acids is 2. The molecule has 0 saturated carbocycles. The summed E-state index contributed by atoms with van der Waals surface area (Å²) in [5, 5.41) is 0. The summed E-state index contributed by atoms with van der Waals surface area (Å²) in [6.07, 6.45) is 1.69. The van der Waals surface area contributed by atoms with E-state index in [4.69, 9.17) is 0 Å². The Morgan fingerprint density at radius 1 is 1.36 bits per heavy atom. The zero-order valence-electron chi connectivity index (χ0n) is 8.95. The third-order valence-corrected chi connectivity index (χ3v) is 2.82. The third-order valence-electron chi connectivity index (χ3n) is 2.82. The van der Waals surface area contributed by atoms with Crippen LogP contribution in [0, 0.1) is 5.92 Å². The number of rotatable bonds is 1. The maximum Gasteiger partial charge on any atom is 0.310 e. The molecule has 4 heteroatoms. The summed E-state index contributed by atoms with van der Waals surface area (Å²) in [6.45, 7) is 4.05. The van der Waals surface area contributed by atoms with Gasteiger partial charge in [0.05, 0.1) is 13.0 Å². The van der Waals surface area contributed by atoms with Crippen LogP contribution in [-0.4, -0.2) is 36.5 Å². The molecule has 1 heterocycles. The van der Waals surface area contributed by atoms with Crippen molar-refractivity contribution in [3.63, 3.8) is 0 Å². The summed E-state index contributed by atoms with van der Waals surface area (Å²) in [6, 6.07) is 0.244. The molecule has 1 rings (SSSR count). The lowest BCUT2D eigenvalue weighted by molar-refractivity contribution is -0.149. The maximum atomic E-state index is 11.3. The highest BCUT2D eigenvalue weighted by Gasteiger charge is 2.31. The van der Waals surface area contributed by atoms with Crippen molar-refractivity contribution in [1.82, 2.24) is 4.90 Å². The van der Waals surface area contributed by atoms with Crippen molar-refractivity contribution in [3.05, 3.63) is 0 Å². The van der Waals surface area contributed by atoms with Crippen molar-refractivity contribution in [3.8, 4) is 0 Å². The van der Waals surface area contributed by atoms with E-state index in [0.717, 1.165) is 12.8 Å². The van der Waals surface area contributed by atoms with Crippen molar-refractivity contribution in [2.75, 3.05) is 13.7 Å². The number of hydrogen-bond donors (Lipinski definition) is 0. The van der Waals surface area contributed by atoms with Crippen LogP contribution in [0.25, 0.3) is 0 Å². The van der Waals surface area contributed by atoms with Gasteiger partial charge in [0.1, 0.15) is 0 Å². The number of amides is 1. The molecule has 0 aromatic rings. The molecule has 0 unspecified atom stereocenters. The van der Waals surface area contributed by atoms with Gasteiger partial charge in [-0.05, 0) is 19.8 Å². The molecular weight excluding hydrogens is 182 g/mol. The Morgan fingerprint density at radius 2 is 2.00 bits per heavy atom. The van der Waals surface area contributed by atoms with Crippen LogP contribution in [0.5, 0.6) is 0 Å². The number of hydrogen-bond acceptors (Lipinski definition) is 3. The van der Waals surface area contributed by atoms with E-state index in [2.05, 4.69) is 4.74 Å². The molecule has 0 bridgehead atoms. The first-order valence-electron chi connectivity index (χ1n) is 4.91. The summed E-state index contributed by atoms with van der Waals surface area (Å²) in [7, 11) is 1.39. The summed E-state index contributed by atoms with van der Waals surface area (Å²) >= 11 is 0. The quantitative estimate of drug-likeness (QED) is 0.587. The zero-order valence-corrected chi connectivity index (χ0v) is 8.95. The van der Waals surface area contributed by atoms with Crippen LogP contribution in [-0.2, 0) is 14.3 Å². The molecular formula is C10H17NO3. The lowest BCUT2D eigenvalue weighted by atomic mass is 9.93. The molecule has 0 spiro atoms. The van der Waals surface area contributed by atoms with Gasteiger partial charge in [0.15, 0.2) is 0 Å². The van der Waals surface area contributed by atoms with Crippen molar-refractivity contribution < 1.29 is 14.3 Å². The number of carbonyl (C=O) groups is 2. The predicted octanol–water partition coefficient (Wildman–Crippen LogP) is 0.806. The molecule has 1 amide bonds. The van der Waals surface area contributed by atoms with Gasteiger partial charge in [-0.3, -0.25) is 9.59 Å². The van der Waals surface area contributed by atoms with E-state index in [1.165, 1.54) is 14.0 Å². The van der Waals surface area contributed by atoms with Crippen LogP contribution in [0.2, 0.25) is 0 Å². The fourth-order valence-electron chi connectivity index (χ4n) is 1.90. The van der Waals surface area contributed by atoms with Crippen LogP contribution in [0.4, 0.5) is 0 Å². The Morgan fingerprint density at radius 3 is 2.50 bits per heavy atom. The number of methoxy groups -OCH3 is 1. The summed E-state index contributed by atoms with van der Waals surface area (Å²) < 4.78 is 4.68. The number of piperidine rings is 1. The van der Waals surface area contributed by atoms with Crippen molar-refractivity contribution in [1.29, 1.82) is 0 Å². The van der Waals surface area contributed by atoms with Crippen molar-refractivity contribution in [2.24, 2.45) is 5.92 Å². The monoisotopic (exact) mass is 199 g/mol. The fraction of sp³-hybridized carbons (Fsp3) is 0.800. The number of nitrogens with zero attached hydrogens (tertiary/aromatic N) is 1. The molecule has 80 valence electrons. The Balaban J connectivity index is 2.62. The Kier molecular flexibility index (Phi) is 3.49. The average Bonchev–Trinajstić information content (AvgIpc) is 2.17. The first kappa shape index (κ1) is 11.0. The molecule has 0 aliphatic carbocycles. The van der Waals surface area contributed by atoms with Gasteiger partial charge in [-0.25, -0.2) is 0 Å². The second kappa shape index (κ2) is 4.44. The minimum Gasteiger partial charge on any atom is -0.469 e. The molecule has 1 aliphatic heterocycles. The van der Waals surface area contributed by atoms with Gasteiger partial charge in [0.25, 0.3) is 0 Å². The van der Waals surface area contributed by atoms with Crippen LogP contribution in [0.1, 0.15) is 26.7 Å². The molecule has 0 aromatic carbocycles. The summed E-state index contributed by atoms with van der Waals surface area (Å²) in [5.74, 6) is -0.311. The first-order valence-corrected chi connectivity index (χ1v) is 4.91. The molecule has 0 radical (unpaired) electrons. The van der Waals surface area contributed by atoms with Gasteiger partial charge in [0.2, 0.25) is 5.91 Å². The Bertz CT molecular complexity index is 240. The standard InChI is InChI=1S/C10H17NO3/c1-7-4-5-9(10(13)14-3)6-11(7)8(2)12/h7,9H,4-6H2,1-3H3/t7-,9-/m1/s1. The van der Waals surface area contributed by atoms with Gasteiger partial charge < -0.3 is 9.64 Å². The number of esters is 1. The topological polar surface area (TPSA) is 46.6 Å². The molecule has 0 aromatic heterocycles. The summed E-state index contributed by atoms with van der Waals surface area (Å²) in [5.41, 5.74) is 0. The van der Waals surface area contributed by atoms with E-state index < -0.39 is 0 Å². The molecule has 1 aliphatic rings. The van der Waals surface area contributed by atoms with E-state index in [1.807, 2.05) is 6.92 Å². The molecule has 1 fully saturated rings. The van der Waals surface area contributed by atoms with Crippen LogP contribution < -0.4 is 0 Å². The SMILES string of the molecule is COC(=O)[C@@H]1CC[C@@H](C)N(C(C)=O)C1. The van der Waals surface area contributed by atoms with Crippen LogP contribution in [0.15, 0.2) is 0 Å². The average molecular weight is 199 g/mol. The fourth-order valence-corrected chi connectivity index (χ4v) is 1.90. The van der Waals surface area contributed by atoms with Gasteiger partial charge in [0, 0.05) is 19.5 Å². The minimum atomic E-state index is -0.205. The highest BCUT2D eigenvalue weighted by atomic mass is 16.5. The number of likely N-dealkylation sites (tertiary alicyclic amines) is 1. The molecule has 1 saturated heterocycles. The molecule has 0 N–H and O–H groups in total. The smallest absolute Gasteiger partial charge is 0.310 e. The van der Waals surface area contributed by atoms with Crippen LogP contribution in [0.3, 0.4) is 0 Å². The molecule has 2 atom stereocenters. The van der Waals surface area contributed by atoms with E-state index in [-0.39, 0.29) is 23.8 Å². The van der Waals surface area contributed by atoms with Crippen LogP contribution >= 0.6 is 0 Å². The molecule has 14 heavy (non-hydrogen) atoms. The van der Waals surface area contributed by atoms with E-state index in [1.54, 1.807) is 4.90 Å². The second-order valence-electron chi connectivity index (χ2n) is 3.82. The van der Waals surface area contributed by atoms with E-state index in [9.17, 15) is 9.59 Å². The second-order valence-corrected chi connectivity index (χ2v) is 3.82. The number of ether oxygens (including phenoxy) is 1. The van der Waals surface area contributed by atoms with Gasteiger partial charge in [-0.1, -0.05) is 0 Å². The van der Waals surface area contributed by atoms with Crippen molar-refractivity contribution >= 4 is 11.9 Å². The Labute approximate surface area is 84.2 Å². The highest BCUT2D eigenvalue weighted by molar-refractivity contribution is 5.77.